The molecular weight excluding hydrogens is 382 g/mol. The molecule has 6 nitrogen and oxygen atoms in total. The number of hydrogen-bond acceptors (Lipinski definition) is 5. The van der Waals surface area contributed by atoms with Gasteiger partial charge in [-0.15, -0.1) is 0 Å². The first kappa shape index (κ1) is 25.7. The molecule has 1 rings (SSSR count). The molecule has 0 saturated heterocycles. The number of unbranched alkanes of at least 4 members (excludes halogenated alkanes) is 1. The summed E-state index contributed by atoms with van der Waals surface area (Å²) in [7, 11) is 0. The van der Waals surface area contributed by atoms with Gasteiger partial charge in [0.2, 0.25) is 0 Å². The van der Waals surface area contributed by atoms with E-state index in [1.54, 1.807) is 20.8 Å². The molecule has 0 N–H and O–H groups in total. The highest BCUT2D eigenvalue weighted by molar-refractivity contribution is 5.87. The van der Waals surface area contributed by atoms with Crippen molar-refractivity contribution >= 4 is 17.8 Å². The van der Waals surface area contributed by atoms with Crippen LogP contribution in [0.1, 0.15) is 78.7 Å². The van der Waals surface area contributed by atoms with E-state index in [0.29, 0.717) is 32.2 Å². The molecule has 6 heteroatoms. The quantitative estimate of drug-likeness (QED) is 0.340. The molecule has 0 saturated carbocycles. The fourth-order valence-electron chi connectivity index (χ4n) is 3.09. The molecule has 0 heterocycles. The van der Waals surface area contributed by atoms with Crippen LogP contribution in [-0.2, 0) is 25.7 Å². The van der Waals surface area contributed by atoms with E-state index in [2.05, 4.69) is 0 Å². The van der Waals surface area contributed by atoms with Gasteiger partial charge in [-0.2, -0.15) is 0 Å². The fourth-order valence-corrected chi connectivity index (χ4v) is 3.09. The normalized spacial score (nSPS) is 12.2. The van der Waals surface area contributed by atoms with Crippen molar-refractivity contribution in [2.75, 3.05) is 6.54 Å². The molecule has 1 aromatic rings. The first-order chi connectivity index (χ1) is 14.2. The van der Waals surface area contributed by atoms with Crippen LogP contribution in [0.5, 0.6) is 0 Å². The minimum Gasteiger partial charge on any atom is -0.461 e. The zero-order chi connectivity index (χ0) is 22.6. The summed E-state index contributed by atoms with van der Waals surface area (Å²) in [5.74, 6) is -0.218. The Morgan fingerprint density at radius 3 is 2.23 bits per heavy atom. The number of hydrogen-bond donors (Lipinski definition) is 0. The lowest BCUT2D eigenvalue weighted by atomic mass is 10.0. The van der Waals surface area contributed by atoms with Gasteiger partial charge in [0.05, 0.1) is 6.04 Å². The molecule has 0 aromatic heterocycles. The predicted molar refractivity (Wildman–Crippen MR) is 117 cm³/mol. The second kappa shape index (κ2) is 13.0. The second-order valence-corrected chi connectivity index (χ2v) is 8.42. The number of carbonyl (C=O) groups excluding carboxylic acids is 3. The third-order valence-corrected chi connectivity index (χ3v) is 4.53. The van der Waals surface area contributed by atoms with Gasteiger partial charge in [-0.1, -0.05) is 44.2 Å². The van der Waals surface area contributed by atoms with Gasteiger partial charge in [-0.05, 0) is 52.0 Å². The number of esters is 1. The van der Waals surface area contributed by atoms with Gasteiger partial charge in [-0.25, -0.2) is 4.79 Å². The van der Waals surface area contributed by atoms with Crippen molar-refractivity contribution in [2.45, 2.75) is 91.4 Å². The smallest absolute Gasteiger partial charge is 0.410 e. The standard InChI is InChI=1S/C24H37NO5/c1-6-13-21(26)20(7-2)25(23(28)30-24(3,4)5)17-12-11-16-22(27)29-18-19-14-9-8-10-15-19/h8-10,14-15,20H,6-7,11-13,16-18H2,1-5H3. The fraction of sp³-hybridized carbons (Fsp3) is 0.625. The molecule has 1 atom stereocenters. The summed E-state index contributed by atoms with van der Waals surface area (Å²) >= 11 is 0. The van der Waals surface area contributed by atoms with Crippen LogP contribution >= 0.6 is 0 Å². The number of ketones is 1. The first-order valence-electron chi connectivity index (χ1n) is 10.9. The molecule has 1 amide bonds. The summed E-state index contributed by atoms with van der Waals surface area (Å²) in [6.07, 6.45) is 2.67. The maximum atomic E-state index is 12.7. The third-order valence-electron chi connectivity index (χ3n) is 4.53. The van der Waals surface area contributed by atoms with Crippen molar-refractivity contribution in [2.24, 2.45) is 0 Å². The highest BCUT2D eigenvalue weighted by Crippen LogP contribution is 2.17. The Kier molecular flexibility index (Phi) is 11.2. The number of carbonyl (C=O) groups is 3. The van der Waals surface area contributed by atoms with Crippen LogP contribution in [0.3, 0.4) is 0 Å². The highest BCUT2D eigenvalue weighted by atomic mass is 16.6. The van der Waals surface area contributed by atoms with Crippen LogP contribution in [0.2, 0.25) is 0 Å². The summed E-state index contributed by atoms with van der Waals surface area (Å²) in [4.78, 5) is 38.7. The minimum absolute atomic E-state index is 0.0492. The predicted octanol–water partition coefficient (Wildman–Crippen LogP) is 5.29. The molecule has 0 bridgehead atoms. The van der Waals surface area contributed by atoms with Gasteiger partial charge in [0.15, 0.2) is 5.78 Å². The third kappa shape index (κ3) is 9.90. The van der Waals surface area contributed by atoms with Crippen LogP contribution in [0.25, 0.3) is 0 Å². The number of nitrogens with zero attached hydrogens (tertiary/aromatic N) is 1. The lowest BCUT2D eigenvalue weighted by Gasteiger charge is -2.32. The highest BCUT2D eigenvalue weighted by Gasteiger charge is 2.30. The van der Waals surface area contributed by atoms with Crippen molar-refractivity contribution in [3.8, 4) is 0 Å². The average Bonchev–Trinajstić information content (AvgIpc) is 2.68. The number of ether oxygens (including phenoxy) is 2. The average molecular weight is 420 g/mol. The van der Waals surface area contributed by atoms with E-state index in [1.807, 2.05) is 44.2 Å². The Hall–Kier alpha value is -2.37. The van der Waals surface area contributed by atoms with E-state index < -0.39 is 17.7 Å². The summed E-state index contributed by atoms with van der Waals surface area (Å²) in [6.45, 7) is 9.89. The maximum Gasteiger partial charge on any atom is 0.410 e. The van der Waals surface area contributed by atoms with Crippen molar-refractivity contribution in [3.05, 3.63) is 35.9 Å². The molecule has 30 heavy (non-hydrogen) atoms. The molecule has 1 aromatic carbocycles. The van der Waals surface area contributed by atoms with Crippen LogP contribution < -0.4 is 0 Å². The van der Waals surface area contributed by atoms with E-state index in [9.17, 15) is 14.4 Å². The summed E-state index contributed by atoms with van der Waals surface area (Å²) in [5.41, 5.74) is 0.310. The zero-order valence-electron chi connectivity index (χ0n) is 19.1. The summed E-state index contributed by atoms with van der Waals surface area (Å²) in [5, 5.41) is 0. The molecule has 168 valence electrons. The van der Waals surface area contributed by atoms with E-state index in [-0.39, 0.29) is 24.8 Å². The van der Waals surface area contributed by atoms with Gasteiger partial charge in [0.25, 0.3) is 0 Å². The molecule has 1 unspecified atom stereocenters. The number of Topliss-reactive ketones (excluding diaryl/α,β-unsaturated/α-hetero) is 1. The van der Waals surface area contributed by atoms with Gasteiger partial charge in [0, 0.05) is 19.4 Å². The largest absolute Gasteiger partial charge is 0.461 e. The molecule has 0 radical (unpaired) electrons. The van der Waals surface area contributed by atoms with E-state index in [1.165, 1.54) is 4.90 Å². The second-order valence-electron chi connectivity index (χ2n) is 8.42. The molecule has 0 aliphatic rings. The van der Waals surface area contributed by atoms with Crippen molar-refractivity contribution < 1.29 is 23.9 Å². The Morgan fingerprint density at radius 1 is 1.00 bits per heavy atom. The van der Waals surface area contributed by atoms with Gasteiger partial charge >= 0.3 is 12.1 Å². The number of benzene rings is 1. The molecular formula is C24H37NO5. The summed E-state index contributed by atoms with van der Waals surface area (Å²) in [6, 6.07) is 9.03. The van der Waals surface area contributed by atoms with Crippen LogP contribution in [0, 0.1) is 0 Å². The molecule has 0 aliphatic heterocycles. The Labute approximate surface area is 180 Å². The van der Waals surface area contributed by atoms with E-state index >= 15 is 0 Å². The number of rotatable bonds is 12. The van der Waals surface area contributed by atoms with Gasteiger partial charge < -0.3 is 9.47 Å². The summed E-state index contributed by atoms with van der Waals surface area (Å²) < 4.78 is 10.8. The van der Waals surface area contributed by atoms with Gasteiger partial charge in [-0.3, -0.25) is 14.5 Å². The van der Waals surface area contributed by atoms with Crippen LogP contribution in [0.15, 0.2) is 30.3 Å². The Morgan fingerprint density at radius 2 is 1.67 bits per heavy atom. The lowest BCUT2D eigenvalue weighted by molar-refractivity contribution is -0.145. The lowest BCUT2D eigenvalue weighted by Crippen LogP contribution is -2.47. The van der Waals surface area contributed by atoms with Crippen LogP contribution in [0.4, 0.5) is 4.79 Å². The van der Waals surface area contributed by atoms with Crippen LogP contribution in [-0.4, -0.2) is 40.9 Å². The topological polar surface area (TPSA) is 72.9 Å². The molecule has 0 spiro atoms. The monoisotopic (exact) mass is 419 g/mol. The Bertz CT molecular complexity index is 666. The SMILES string of the molecule is CCCC(=O)C(CC)N(CCCCC(=O)OCc1ccccc1)C(=O)OC(C)(C)C. The van der Waals surface area contributed by atoms with E-state index in [4.69, 9.17) is 9.47 Å². The minimum atomic E-state index is -0.636. The van der Waals surface area contributed by atoms with E-state index in [0.717, 1.165) is 12.0 Å². The maximum absolute atomic E-state index is 12.7. The first-order valence-corrected chi connectivity index (χ1v) is 10.9. The molecule has 0 fully saturated rings. The number of amides is 1. The molecule has 0 aliphatic carbocycles. The zero-order valence-corrected chi connectivity index (χ0v) is 19.1. The Balaban J connectivity index is 2.58. The van der Waals surface area contributed by atoms with Gasteiger partial charge in [0.1, 0.15) is 12.2 Å². The van der Waals surface area contributed by atoms with Crippen molar-refractivity contribution in [1.82, 2.24) is 4.90 Å². The van der Waals surface area contributed by atoms with Crippen molar-refractivity contribution in [1.29, 1.82) is 0 Å². The van der Waals surface area contributed by atoms with Crippen molar-refractivity contribution in [3.63, 3.8) is 0 Å².